The summed E-state index contributed by atoms with van der Waals surface area (Å²) in [4.78, 5) is 0. The predicted octanol–water partition coefficient (Wildman–Crippen LogP) is 2.85. The molecule has 2 nitrogen and oxygen atoms in total. The lowest BCUT2D eigenvalue weighted by Crippen LogP contribution is -2.25. The van der Waals surface area contributed by atoms with Gasteiger partial charge < -0.3 is 10.5 Å². The van der Waals surface area contributed by atoms with Crippen molar-refractivity contribution in [3.8, 4) is 0 Å². The van der Waals surface area contributed by atoms with Gasteiger partial charge in [0.15, 0.2) is 0 Å². The third-order valence-electron chi connectivity index (χ3n) is 2.86. The van der Waals surface area contributed by atoms with Gasteiger partial charge in [-0.2, -0.15) is 0 Å². The van der Waals surface area contributed by atoms with Gasteiger partial charge in [-0.3, -0.25) is 0 Å². The first-order chi connectivity index (χ1) is 8.49. The van der Waals surface area contributed by atoms with E-state index < -0.39 is 13.0 Å². The number of hydrogen-bond acceptors (Lipinski definition) is 2. The van der Waals surface area contributed by atoms with Gasteiger partial charge in [0.2, 0.25) is 0 Å². The molecule has 0 saturated carbocycles. The number of hydrogen-bond donors (Lipinski definition) is 1. The summed E-state index contributed by atoms with van der Waals surface area (Å²) in [5.74, 6) is 0. The number of halogens is 2. The van der Waals surface area contributed by atoms with Crippen molar-refractivity contribution in [3.63, 3.8) is 0 Å². The minimum Gasteiger partial charge on any atom is -0.375 e. The lowest BCUT2D eigenvalue weighted by atomic mass is 9.98. The molecule has 1 unspecified atom stereocenters. The van der Waals surface area contributed by atoms with Crippen LogP contribution in [0.1, 0.15) is 23.1 Å². The molecule has 0 spiro atoms. The number of ether oxygens (including phenoxy) is 1. The van der Waals surface area contributed by atoms with Crippen LogP contribution in [-0.2, 0) is 11.2 Å². The maximum absolute atomic E-state index is 11.8. The van der Waals surface area contributed by atoms with E-state index in [1.165, 1.54) is 16.7 Å². The fourth-order valence-electron chi connectivity index (χ4n) is 1.81. The summed E-state index contributed by atoms with van der Waals surface area (Å²) in [5, 5.41) is 0. The number of benzene rings is 1. The Kier molecular flexibility index (Phi) is 6.22. The Morgan fingerprint density at radius 1 is 1.28 bits per heavy atom. The molecular formula is C14H21F2NO. The molecule has 0 heterocycles. The fraction of sp³-hybridized carbons (Fsp3) is 0.571. The molecule has 0 bridgehead atoms. The second-order valence-electron chi connectivity index (χ2n) is 4.65. The largest absolute Gasteiger partial charge is 0.375 e. The van der Waals surface area contributed by atoms with E-state index in [2.05, 4.69) is 25.1 Å². The molecule has 0 aliphatic carbocycles. The van der Waals surface area contributed by atoms with Crippen LogP contribution in [0.3, 0.4) is 0 Å². The van der Waals surface area contributed by atoms with Crippen molar-refractivity contribution < 1.29 is 13.5 Å². The van der Waals surface area contributed by atoms with E-state index in [4.69, 9.17) is 10.5 Å². The minimum absolute atomic E-state index is 0.0526. The van der Waals surface area contributed by atoms with Gasteiger partial charge in [-0.25, -0.2) is 8.78 Å². The molecule has 102 valence electrons. The Morgan fingerprint density at radius 2 is 2.00 bits per heavy atom. The monoisotopic (exact) mass is 257 g/mol. The highest BCUT2D eigenvalue weighted by Crippen LogP contribution is 2.13. The van der Waals surface area contributed by atoms with Crippen LogP contribution in [-0.4, -0.2) is 25.7 Å². The van der Waals surface area contributed by atoms with Gasteiger partial charge in [0, 0.05) is 12.6 Å². The van der Waals surface area contributed by atoms with E-state index in [0.717, 1.165) is 6.42 Å². The first kappa shape index (κ1) is 15.1. The van der Waals surface area contributed by atoms with Crippen molar-refractivity contribution in [2.45, 2.75) is 39.2 Å². The fourth-order valence-corrected chi connectivity index (χ4v) is 1.81. The third-order valence-corrected chi connectivity index (χ3v) is 2.86. The molecule has 0 fully saturated rings. The average molecular weight is 257 g/mol. The topological polar surface area (TPSA) is 35.2 Å². The maximum atomic E-state index is 11.8. The molecule has 1 aromatic carbocycles. The second kappa shape index (κ2) is 7.44. The Bertz CT molecular complexity index is 369. The van der Waals surface area contributed by atoms with Crippen LogP contribution in [0.2, 0.25) is 0 Å². The Hall–Kier alpha value is -1.00. The number of alkyl halides is 2. The van der Waals surface area contributed by atoms with Crippen molar-refractivity contribution in [2.75, 3.05) is 13.2 Å². The molecule has 0 saturated heterocycles. The Labute approximate surface area is 107 Å². The normalized spacial score (nSPS) is 13.0. The maximum Gasteiger partial charge on any atom is 0.261 e. The molecule has 0 aliphatic rings. The van der Waals surface area contributed by atoms with E-state index in [1.807, 2.05) is 6.92 Å². The molecule has 0 amide bonds. The van der Waals surface area contributed by atoms with Crippen LogP contribution in [0.25, 0.3) is 0 Å². The molecule has 0 aromatic heterocycles. The van der Waals surface area contributed by atoms with Crippen LogP contribution in [0, 0.1) is 13.8 Å². The van der Waals surface area contributed by atoms with Crippen LogP contribution >= 0.6 is 0 Å². The Balaban J connectivity index is 2.35. The van der Waals surface area contributed by atoms with E-state index in [1.54, 1.807) is 0 Å². The summed E-state index contributed by atoms with van der Waals surface area (Å²) >= 11 is 0. The summed E-state index contributed by atoms with van der Waals surface area (Å²) in [6.07, 6.45) is -1.05. The number of rotatable bonds is 7. The van der Waals surface area contributed by atoms with Crippen molar-refractivity contribution in [3.05, 3.63) is 34.9 Å². The van der Waals surface area contributed by atoms with Crippen LogP contribution in [0.15, 0.2) is 18.2 Å². The zero-order valence-corrected chi connectivity index (χ0v) is 11.0. The first-order valence-electron chi connectivity index (χ1n) is 6.16. The molecule has 0 radical (unpaired) electrons. The molecule has 2 N–H and O–H groups in total. The van der Waals surface area contributed by atoms with Gasteiger partial charge in [-0.1, -0.05) is 23.8 Å². The lowest BCUT2D eigenvalue weighted by molar-refractivity contribution is 0.0153. The quantitative estimate of drug-likeness (QED) is 0.762. The smallest absolute Gasteiger partial charge is 0.261 e. The minimum atomic E-state index is -2.40. The van der Waals surface area contributed by atoms with Gasteiger partial charge in [0.05, 0.1) is 0 Å². The number of nitrogens with two attached hydrogens (primary N) is 1. The Morgan fingerprint density at radius 3 is 2.67 bits per heavy atom. The third kappa shape index (κ3) is 5.56. The first-order valence-corrected chi connectivity index (χ1v) is 6.16. The SMILES string of the molecule is Cc1ccc(C)c(CC(N)CCOCC(F)F)c1. The van der Waals surface area contributed by atoms with Crippen molar-refractivity contribution in [1.29, 1.82) is 0 Å². The van der Waals surface area contributed by atoms with Crippen molar-refractivity contribution >= 4 is 0 Å². The zero-order chi connectivity index (χ0) is 13.5. The molecule has 1 aromatic rings. The summed E-state index contributed by atoms with van der Waals surface area (Å²) in [6.45, 7) is 3.88. The summed E-state index contributed by atoms with van der Waals surface area (Å²) < 4.78 is 28.5. The lowest BCUT2D eigenvalue weighted by Gasteiger charge is -2.14. The molecule has 18 heavy (non-hydrogen) atoms. The van der Waals surface area contributed by atoms with Crippen molar-refractivity contribution in [1.82, 2.24) is 0 Å². The van der Waals surface area contributed by atoms with Crippen LogP contribution < -0.4 is 5.73 Å². The van der Waals surface area contributed by atoms with Gasteiger partial charge in [-0.15, -0.1) is 0 Å². The summed E-state index contributed by atoms with van der Waals surface area (Å²) in [6, 6.07) is 6.21. The highest BCUT2D eigenvalue weighted by Gasteiger charge is 2.08. The summed E-state index contributed by atoms with van der Waals surface area (Å²) in [7, 11) is 0. The van der Waals surface area contributed by atoms with Gasteiger partial charge in [-0.05, 0) is 37.8 Å². The highest BCUT2D eigenvalue weighted by molar-refractivity contribution is 5.31. The van der Waals surface area contributed by atoms with Crippen molar-refractivity contribution in [2.24, 2.45) is 5.73 Å². The predicted molar refractivity (Wildman–Crippen MR) is 69.0 cm³/mol. The van der Waals surface area contributed by atoms with Crippen LogP contribution in [0.4, 0.5) is 8.78 Å². The standard InChI is InChI=1S/C14H21F2NO/c1-10-3-4-11(2)12(7-10)8-13(17)5-6-18-9-14(15)16/h3-4,7,13-14H,5-6,8-9,17H2,1-2H3. The molecule has 4 heteroatoms. The zero-order valence-electron chi connectivity index (χ0n) is 11.0. The second-order valence-corrected chi connectivity index (χ2v) is 4.65. The number of aryl methyl sites for hydroxylation is 2. The van der Waals surface area contributed by atoms with Crippen LogP contribution in [0.5, 0.6) is 0 Å². The molecule has 1 atom stereocenters. The van der Waals surface area contributed by atoms with Gasteiger partial charge >= 0.3 is 0 Å². The van der Waals surface area contributed by atoms with E-state index >= 15 is 0 Å². The van der Waals surface area contributed by atoms with E-state index in [0.29, 0.717) is 6.42 Å². The van der Waals surface area contributed by atoms with E-state index in [9.17, 15) is 8.78 Å². The summed E-state index contributed by atoms with van der Waals surface area (Å²) in [5.41, 5.74) is 9.61. The average Bonchev–Trinajstić information content (AvgIpc) is 2.29. The molecule has 1 rings (SSSR count). The van der Waals surface area contributed by atoms with Gasteiger partial charge in [0.1, 0.15) is 6.61 Å². The molecular weight excluding hydrogens is 236 g/mol. The van der Waals surface area contributed by atoms with Gasteiger partial charge in [0.25, 0.3) is 6.43 Å². The highest BCUT2D eigenvalue weighted by atomic mass is 19.3. The molecule has 0 aliphatic heterocycles. The van der Waals surface area contributed by atoms with E-state index in [-0.39, 0.29) is 12.6 Å².